The molecule has 0 aromatic heterocycles. The van der Waals surface area contributed by atoms with E-state index >= 15 is 0 Å². The van der Waals surface area contributed by atoms with E-state index in [2.05, 4.69) is 5.32 Å². The Morgan fingerprint density at radius 3 is 2.77 bits per heavy atom. The van der Waals surface area contributed by atoms with Crippen LogP contribution in [0.15, 0.2) is 42.5 Å². The predicted molar refractivity (Wildman–Crippen MR) is 84.3 cm³/mol. The van der Waals surface area contributed by atoms with Crippen molar-refractivity contribution in [2.24, 2.45) is 0 Å². The molecular weight excluding hydrogens is 278 g/mol. The molecule has 0 aliphatic carbocycles. The van der Waals surface area contributed by atoms with Gasteiger partial charge in [0.15, 0.2) is 0 Å². The molecule has 1 unspecified atom stereocenters. The van der Waals surface area contributed by atoms with E-state index in [9.17, 15) is 9.90 Å². The van der Waals surface area contributed by atoms with Crippen LogP contribution in [0, 0.1) is 0 Å². The molecule has 0 saturated heterocycles. The number of ether oxygens (including phenoxy) is 1. The number of nitrogens with one attached hydrogen (secondary N) is 1. The monoisotopic (exact) mass is 297 g/mol. The van der Waals surface area contributed by atoms with Crippen LogP contribution in [-0.4, -0.2) is 17.6 Å². The van der Waals surface area contributed by atoms with Crippen molar-refractivity contribution in [2.75, 3.05) is 6.54 Å². The molecule has 1 aliphatic rings. The van der Waals surface area contributed by atoms with Gasteiger partial charge < -0.3 is 15.2 Å². The predicted octanol–water partition coefficient (Wildman–Crippen LogP) is 3.17. The minimum atomic E-state index is -0.888. The van der Waals surface area contributed by atoms with Gasteiger partial charge in [-0.3, -0.25) is 0 Å². The third kappa shape index (κ3) is 2.83. The zero-order chi connectivity index (χ0) is 15.5. The minimum absolute atomic E-state index is 0.0233. The zero-order valence-electron chi connectivity index (χ0n) is 12.5. The fourth-order valence-corrected chi connectivity index (χ4v) is 2.97. The third-order valence-corrected chi connectivity index (χ3v) is 4.04. The number of carbonyl (C=O) groups is 1. The van der Waals surface area contributed by atoms with Crippen LogP contribution < -0.4 is 10.1 Å². The topological polar surface area (TPSA) is 58.6 Å². The van der Waals surface area contributed by atoms with E-state index in [-0.39, 0.29) is 6.04 Å². The van der Waals surface area contributed by atoms with Crippen molar-refractivity contribution in [3.05, 3.63) is 64.7 Å². The summed E-state index contributed by atoms with van der Waals surface area (Å²) in [4.78, 5) is 11.4. The molecule has 0 amide bonds. The first-order valence-electron chi connectivity index (χ1n) is 7.46. The molecule has 3 rings (SSSR count). The van der Waals surface area contributed by atoms with Gasteiger partial charge in [0.1, 0.15) is 12.4 Å². The van der Waals surface area contributed by atoms with Gasteiger partial charge in [0, 0.05) is 11.6 Å². The number of hydrogen-bond acceptors (Lipinski definition) is 3. The van der Waals surface area contributed by atoms with Gasteiger partial charge in [-0.2, -0.15) is 0 Å². The number of rotatable bonds is 4. The molecule has 1 heterocycles. The molecule has 2 aromatic carbocycles. The Balaban J connectivity index is 1.92. The molecule has 2 N–H and O–H groups in total. The van der Waals surface area contributed by atoms with E-state index in [4.69, 9.17) is 4.74 Å². The summed E-state index contributed by atoms with van der Waals surface area (Å²) in [6, 6.07) is 13.4. The molecule has 0 saturated carbocycles. The highest BCUT2D eigenvalue weighted by atomic mass is 16.5. The van der Waals surface area contributed by atoms with Crippen molar-refractivity contribution in [2.45, 2.75) is 26.0 Å². The fraction of sp³-hybridized carbons (Fsp3) is 0.278. The van der Waals surface area contributed by atoms with Gasteiger partial charge in [-0.1, -0.05) is 30.3 Å². The van der Waals surface area contributed by atoms with Gasteiger partial charge in [0.2, 0.25) is 0 Å². The van der Waals surface area contributed by atoms with Gasteiger partial charge in [-0.15, -0.1) is 0 Å². The Bertz CT molecular complexity index is 682. The number of aromatic carboxylic acids is 1. The maximum absolute atomic E-state index is 11.4. The lowest BCUT2D eigenvalue weighted by molar-refractivity contribution is 0.0694. The van der Waals surface area contributed by atoms with E-state index in [1.807, 2.05) is 37.3 Å². The molecule has 2 aromatic rings. The van der Waals surface area contributed by atoms with E-state index in [0.29, 0.717) is 12.2 Å². The maximum Gasteiger partial charge on any atom is 0.336 e. The van der Waals surface area contributed by atoms with Crippen LogP contribution >= 0.6 is 0 Å². The highest BCUT2D eigenvalue weighted by molar-refractivity contribution is 5.90. The average Bonchev–Trinajstić information content (AvgIpc) is 2.53. The van der Waals surface area contributed by atoms with Crippen molar-refractivity contribution < 1.29 is 14.6 Å². The number of carboxylic acid groups (broad SMARTS) is 1. The standard InChI is InChI=1S/C18H19NO3/c1-12-17-14(9-10-19-12)16(8-7-15(17)18(20)21)22-11-13-5-3-2-4-6-13/h2-8,12,19H,9-11H2,1H3,(H,20,21). The van der Waals surface area contributed by atoms with E-state index in [1.54, 1.807) is 12.1 Å². The number of benzene rings is 2. The molecule has 0 fully saturated rings. The largest absolute Gasteiger partial charge is 0.489 e. The molecule has 0 spiro atoms. The van der Waals surface area contributed by atoms with Gasteiger partial charge >= 0.3 is 5.97 Å². The Kier molecular flexibility index (Phi) is 4.11. The Labute approximate surface area is 129 Å². The molecule has 1 atom stereocenters. The van der Waals surface area contributed by atoms with Crippen molar-refractivity contribution in [1.82, 2.24) is 5.32 Å². The Morgan fingerprint density at radius 2 is 2.05 bits per heavy atom. The van der Waals surface area contributed by atoms with Crippen molar-refractivity contribution in [3.8, 4) is 5.75 Å². The second-order valence-corrected chi connectivity index (χ2v) is 5.51. The van der Waals surface area contributed by atoms with Crippen LogP contribution in [0.2, 0.25) is 0 Å². The quantitative estimate of drug-likeness (QED) is 0.910. The van der Waals surface area contributed by atoms with E-state index < -0.39 is 5.97 Å². The summed E-state index contributed by atoms with van der Waals surface area (Å²) in [6.07, 6.45) is 0.783. The lowest BCUT2D eigenvalue weighted by Gasteiger charge is -2.27. The first-order chi connectivity index (χ1) is 10.7. The van der Waals surface area contributed by atoms with Crippen LogP contribution in [0.3, 0.4) is 0 Å². The number of carboxylic acids is 1. The molecule has 22 heavy (non-hydrogen) atoms. The summed E-state index contributed by atoms with van der Waals surface area (Å²) in [5.41, 5.74) is 3.33. The van der Waals surface area contributed by atoms with Crippen molar-refractivity contribution >= 4 is 5.97 Å². The van der Waals surface area contributed by atoms with Gasteiger partial charge in [-0.05, 0) is 43.1 Å². The van der Waals surface area contributed by atoms with E-state index in [1.165, 1.54) is 0 Å². The Hall–Kier alpha value is -2.33. The lowest BCUT2D eigenvalue weighted by Crippen LogP contribution is -2.30. The van der Waals surface area contributed by atoms with Crippen LogP contribution in [0.4, 0.5) is 0 Å². The first kappa shape index (κ1) is 14.6. The van der Waals surface area contributed by atoms with Gasteiger partial charge in [0.25, 0.3) is 0 Å². The van der Waals surface area contributed by atoms with Crippen LogP contribution in [0.1, 0.15) is 40.0 Å². The van der Waals surface area contributed by atoms with Crippen molar-refractivity contribution in [1.29, 1.82) is 0 Å². The van der Waals surface area contributed by atoms with Gasteiger partial charge in [0.05, 0.1) is 5.56 Å². The summed E-state index contributed by atoms with van der Waals surface area (Å²) in [5.74, 6) is -0.0985. The maximum atomic E-state index is 11.4. The summed E-state index contributed by atoms with van der Waals surface area (Å²) < 4.78 is 5.95. The summed E-state index contributed by atoms with van der Waals surface area (Å²) in [6.45, 7) is 3.31. The van der Waals surface area contributed by atoms with Crippen LogP contribution in [0.25, 0.3) is 0 Å². The SMILES string of the molecule is CC1NCCc2c(OCc3ccccc3)ccc(C(=O)O)c21. The molecule has 4 nitrogen and oxygen atoms in total. The molecular formula is C18H19NO3. The molecule has 0 bridgehead atoms. The summed E-state index contributed by atoms with van der Waals surface area (Å²) >= 11 is 0. The highest BCUT2D eigenvalue weighted by Gasteiger charge is 2.25. The van der Waals surface area contributed by atoms with Crippen LogP contribution in [0.5, 0.6) is 5.75 Å². The minimum Gasteiger partial charge on any atom is -0.489 e. The zero-order valence-corrected chi connectivity index (χ0v) is 12.5. The molecule has 1 aliphatic heterocycles. The smallest absolute Gasteiger partial charge is 0.336 e. The molecule has 0 radical (unpaired) electrons. The average molecular weight is 297 g/mol. The van der Waals surface area contributed by atoms with Crippen LogP contribution in [-0.2, 0) is 13.0 Å². The molecule has 4 heteroatoms. The Morgan fingerprint density at radius 1 is 1.27 bits per heavy atom. The fourth-order valence-electron chi connectivity index (χ4n) is 2.97. The highest BCUT2D eigenvalue weighted by Crippen LogP contribution is 2.33. The van der Waals surface area contributed by atoms with E-state index in [0.717, 1.165) is 35.4 Å². The van der Waals surface area contributed by atoms with Gasteiger partial charge in [-0.25, -0.2) is 4.79 Å². The second-order valence-electron chi connectivity index (χ2n) is 5.51. The number of fused-ring (bicyclic) bond motifs is 1. The first-order valence-corrected chi connectivity index (χ1v) is 7.46. The summed E-state index contributed by atoms with van der Waals surface area (Å²) in [5, 5.41) is 12.7. The second kappa shape index (κ2) is 6.20. The molecule has 114 valence electrons. The lowest BCUT2D eigenvalue weighted by atomic mass is 9.90. The summed E-state index contributed by atoms with van der Waals surface area (Å²) in [7, 11) is 0. The third-order valence-electron chi connectivity index (χ3n) is 4.04. The normalized spacial score (nSPS) is 16.9. The van der Waals surface area contributed by atoms with Crippen molar-refractivity contribution in [3.63, 3.8) is 0 Å². The number of hydrogen-bond donors (Lipinski definition) is 2.